The average molecular weight is 469 g/mol. The number of halogens is 1. The second-order valence-corrected chi connectivity index (χ2v) is 8.74. The van der Waals surface area contributed by atoms with Crippen molar-refractivity contribution in [3.05, 3.63) is 74.6 Å². The molecule has 2 aliphatic heterocycles. The van der Waals surface area contributed by atoms with Crippen LogP contribution >= 0.6 is 11.6 Å². The number of carbonyl (C=O) groups excluding carboxylic acids is 1. The Balaban J connectivity index is 1.55. The van der Waals surface area contributed by atoms with E-state index in [-0.39, 0.29) is 17.1 Å². The molecule has 2 aromatic carbocycles. The van der Waals surface area contributed by atoms with E-state index in [1.165, 1.54) is 0 Å². The summed E-state index contributed by atoms with van der Waals surface area (Å²) in [5.74, 6) is 0.498. The highest BCUT2D eigenvalue weighted by atomic mass is 35.5. The molecule has 0 bridgehead atoms. The number of carbonyl (C=O) groups is 1. The van der Waals surface area contributed by atoms with E-state index in [2.05, 4.69) is 4.90 Å². The van der Waals surface area contributed by atoms with Crippen LogP contribution in [0, 0.1) is 0 Å². The highest BCUT2D eigenvalue weighted by Gasteiger charge is 2.42. The predicted octanol–water partition coefficient (Wildman–Crippen LogP) is 3.72. The van der Waals surface area contributed by atoms with E-state index < -0.39 is 6.04 Å². The minimum Gasteiger partial charge on any atom is -0.497 e. The van der Waals surface area contributed by atoms with Gasteiger partial charge in [0.05, 0.1) is 37.3 Å². The molecule has 33 heavy (non-hydrogen) atoms. The first-order valence-corrected chi connectivity index (χ1v) is 11.5. The van der Waals surface area contributed by atoms with Gasteiger partial charge >= 0.3 is 0 Å². The monoisotopic (exact) mass is 468 g/mol. The van der Waals surface area contributed by atoms with Crippen molar-refractivity contribution >= 4 is 28.5 Å². The Kier molecular flexibility index (Phi) is 6.10. The van der Waals surface area contributed by atoms with E-state index in [0.29, 0.717) is 33.8 Å². The highest BCUT2D eigenvalue weighted by Crippen LogP contribution is 2.39. The van der Waals surface area contributed by atoms with Gasteiger partial charge in [-0.1, -0.05) is 23.7 Å². The van der Waals surface area contributed by atoms with Gasteiger partial charge in [-0.25, -0.2) is 0 Å². The molecule has 0 spiro atoms. The number of ether oxygens (including phenoxy) is 2. The maximum absolute atomic E-state index is 13.6. The molecule has 1 atom stereocenters. The Morgan fingerprint density at radius 2 is 1.91 bits per heavy atom. The number of benzene rings is 2. The molecule has 8 heteroatoms. The standard InChI is InChI=1S/C25H25ClN2O5/c1-31-18-5-2-4-16(14-18)22-21-23(29)19-15-17(26)6-7-20(19)33-24(21)25(30)28(22)9-3-8-27-10-12-32-13-11-27/h2,4-7,14-15,22H,3,8-13H2,1H3. The average Bonchev–Trinajstić information content (AvgIpc) is 3.12. The van der Waals surface area contributed by atoms with Gasteiger partial charge in [0.1, 0.15) is 11.3 Å². The van der Waals surface area contributed by atoms with Gasteiger partial charge in [-0.15, -0.1) is 0 Å². The molecule has 1 fully saturated rings. The first kappa shape index (κ1) is 21.9. The highest BCUT2D eigenvalue weighted by molar-refractivity contribution is 6.31. The lowest BCUT2D eigenvalue weighted by Crippen LogP contribution is -2.38. The van der Waals surface area contributed by atoms with Gasteiger partial charge in [0.2, 0.25) is 5.76 Å². The molecule has 0 radical (unpaired) electrons. The van der Waals surface area contributed by atoms with Crippen LogP contribution in [0.25, 0.3) is 11.0 Å². The van der Waals surface area contributed by atoms with Crippen LogP contribution in [-0.2, 0) is 4.74 Å². The normalized spacial score (nSPS) is 18.7. The fraction of sp³-hybridized carbons (Fsp3) is 0.360. The van der Waals surface area contributed by atoms with Crippen LogP contribution in [0.4, 0.5) is 0 Å². The number of methoxy groups -OCH3 is 1. The van der Waals surface area contributed by atoms with Crippen molar-refractivity contribution in [1.82, 2.24) is 9.80 Å². The van der Waals surface area contributed by atoms with Crippen molar-refractivity contribution < 1.29 is 18.7 Å². The molecule has 3 aromatic rings. The summed E-state index contributed by atoms with van der Waals surface area (Å²) in [6.45, 7) is 4.59. The zero-order chi connectivity index (χ0) is 22.9. The van der Waals surface area contributed by atoms with Crippen LogP contribution in [-0.4, -0.2) is 62.2 Å². The van der Waals surface area contributed by atoms with Gasteiger partial charge in [-0.3, -0.25) is 14.5 Å². The molecule has 7 nitrogen and oxygen atoms in total. The zero-order valence-corrected chi connectivity index (χ0v) is 19.1. The third kappa shape index (κ3) is 4.12. The Bertz CT molecular complexity index is 1250. The predicted molar refractivity (Wildman–Crippen MR) is 125 cm³/mol. The lowest BCUT2D eigenvalue weighted by Gasteiger charge is -2.29. The number of fused-ring (bicyclic) bond motifs is 2. The summed E-state index contributed by atoms with van der Waals surface area (Å²) in [5, 5.41) is 0.816. The van der Waals surface area contributed by atoms with Crippen molar-refractivity contribution in [2.24, 2.45) is 0 Å². The number of amides is 1. The van der Waals surface area contributed by atoms with Crippen LogP contribution in [0.2, 0.25) is 5.02 Å². The van der Waals surface area contributed by atoms with Crippen LogP contribution in [0.15, 0.2) is 51.7 Å². The smallest absolute Gasteiger partial charge is 0.290 e. The number of morpholine rings is 1. The summed E-state index contributed by atoms with van der Waals surface area (Å²) in [6, 6.07) is 11.8. The molecule has 5 rings (SSSR count). The second kappa shape index (κ2) is 9.17. The molecule has 1 unspecified atom stereocenters. The van der Waals surface area contributed by atoms with E-state index in [1.807, 2.05) is 24.3 Å². The first-order valence-electron chi connectivity index (χ1n) is 11.1. The lowest BCUT2D eigenvalue weighted by atomic mass is 9.98. The SMILES string of the molecule is COc1cccc(C2c3c(oc4ccc(Cl)cc4c3=O)C(=O)N2CCCN2CCOCC2)c1. The summed E-state index contributed by atoms with van der Waals surface area (Å²) in [7, 11) is 1.59. The first-order chi connectivity index (χ1) is 16.1. The maximum Gasteiger partial charge on any atom is 0.290 e. The molecule has 1 aromatic heterocycles. The van der Waals surface area contributed by atoms with Gasteiger partial charge in [0, 0.05) is 31.2 Å². The van der Waals surface area contributed by atoms with Crippen molar-refractivity contribution in [1.29, 1.82) is 0 Å². The number of nitrogens with zero attached hydrogens (tertiary/aromatic N) is 2. The van der Waals surface area contributed by atoms with Gasteiger partial charge in [-0.05, 0) is 42.3 Å². The van der Waals surface area contributed by atoms with Crippen LogP contribution < -0.4 is 10.2 Å². The topological polar surface area (TPSA) is 72.2 Å². The molecule has 3 heterocycles. The maximum atomic E-state index is 13.6. The van der Waals surface area contributed by atoms with E-state index in [4.69, 9.17) is 25.5 Å². The van der Waals surface area contributed by atoms with Crippen LogP contribution in [0.5, 0.6) is 5.75 Å². The Morgan fingerprint density at radius 1 is 1.09 bits per heavy atom. The van der Waals surface area contributed by atoms with E-state index >= 15 is 0 Å². The molecule has 0 N–H and O–H groups in total. The third-order valence-electron chi connectivity index (χ3n) is 6.31. The van der Waals surface area contributed by atoms with Gasteiger partial charge in [0.15, 0.2) is 5.43 Å². The minimum atomic E-state index is -0.549. The summed E-state index contributed by atoms with van der Waals surface area (Å²) in [5.41, 5.74) is 1.29. The fourth-order valence-electron chi connectivity index (χ4n) is 4.67. The van der Waals surface area contributed by atoms with E-state index in [9.17, 15) is 9.59 Å². The largest absolute Gasteiger partial charge is 0.497 e. The Morgan fingerprint density at radius 3 is 2.70 bits per heavy atom. The molecule has 2 aliphatic rings. The van der Waals surface area contributed by atoms with Gasteiger partial charge in [0.25, 0.3) is 5.91 Å². The minimum absolute atomic E-state index is 0.106. The number of rotatable bonds is 6. The van der Waals surface area contributed by atoms with E-state index in [0.717, 1.165) is 44.8 Å². The van der Waals surface area contributed by atoms with Crippen LogP contribution in [0.1, 0.15) is 34.1 Å². The van der Waals surface area contributed by atoms with Crippen LogP contribution in [0.3, 0.4) is 0 Å². The zero-order valence-electron chi connectivity index (χ0n) is 18.4. The van der Waals surface area contributed by atoms with E-state index in [1.54, 1.807) is 30.2 Å². The molecular weight excluding hydrogens is 444 g/mol. The number of hydrogen-bond acceptors (Lipinski definition) is 6. The van der Waals surface area contributed by atoms with Crippen molar-refractivity contribution in [3.8, 4) is 5.75 Å². The summed E-state index contributed by atoms with van der Waals surface area (Å²) < 4.78 is 16.8. The molecule has 0 saturated carbocycles. The molecule has 0 aliphatic carbocycles. The second-order valence-electron chi connectivity index (χ2n) is 8.30. The quantitative estimate of drug-likeness (QED) is 0.549. The summed E-state index contributed by atoms with van der Waals surface area (Å²) in [4.78, 5) is 31.1. The van der Waals surface area contributed by atoms with Crippen molar-refractivity contribution in [2.45, 2.75) is 12.5 Å². The lowest BCUT2D eigenvalue weighted by molar-refractivity contribution is 0.0353. The Labute approximate surface area is 196 Å². The van der Waals surface area contributed by atoms with Crippen molar-refractivity contribution in [3.63, 3.8) is 0 Å². The molecule has 1 amide bonds. The summed E-state index contributed by atoms with van der Waals surface area (Å²) in [6.07, 6.45) is 0.778. The Hall–Kier alpha value is -2.87. The third-order valence-corrected chi connectivity index (χ3v) is 6.55. The van der Waals surface area contributed by atoms with Gasteiger partial charge in [-0.2, -0.15) is 0 Å². The molecule has 172 valence electrons. The van der Waals surface area contributed by atoms with Crippen molar-refractivity contribution in [2.75, 3.05) is 46.5 Å². The molecular formula is C25H25ClN2O5. The molecule has 1 saturated heterocycles. The van der Waals surface area contributed by atoms with Gasteiger partial charge < -0.3 is 18.8 Å². The summed E-state index contributed by atoms with van der Waals surface area (Å²) >= 11 is 6.15. The number of hydrogen-bond donors (Lipinski definition) is 0. The fourth-order valence-corrected chi connectivity index (χ4v) is 4.84.